The van der Waals surface area contributed by atoms with Crippen molar-refractivity contribution in [3.63, 3.8) is 0 Å². The van der Waals surface area contributed by atoms with E-state index >= 15 is 0 Å². The van der Waals surface area contributed by atoms with Crippen LogP contribution in [0.5, 0.6) is 0 Å². The van der Waals surface area contributed by atoms with Crippen molar-refractivity contribution < 1.29 is 18.4 Å². The van der Waals surface area contributed by atoms with Crippen molar-refractivity contribution >= 4 is 34.5 Å². The molecule has 8 nitrogen and oxygen atoms in total. The summed E-state index contributed by atoms with van der Waals surface area (Å²) in [6, 6.07) is 22.4. The second-order valence-electron chi connectivity index (χ2n) is 7.77. The average Bonchev–Trinajstić information content (AvgIpc) is 3.44. The molecule has 0 aliphatic heterocycles. The number of fused-ring (bicyclic) bond motifs is 1. The summed E-state index contributed by atoms with van der Waals surface area (Å²) in [5, 5.41) is 5.22. The molecule has 3 aromatic carbocycles. The highest BCUT2D eigenvalue weighted by atomic mass is 32.2. The predicted octanol–water partition coefficient (Wildman–Crippen LogP) is 4.48. The van der Waals surface area contributed by atoms with E-state index in [9.17, 15) is 9.59 Å². The van der Waals surface area contributed by atoms with Crippen LogP contribution in [0.1, 0.15) is 12.5 Å². The average molecular weight is 474 g/mol. The Balaban J connectivity index is 1.28. The molecule has 9 heteroatoms. The van der Waals surface area contributed by atoms with E-state index in [0.717, 1.165) is 39.7 Å². The summed E-state index contributed by atoms with van der Waals surface area (Å²) >= 11 is 1.12. The van der Waals surface area contributed by atoms with Crippen molar-refractivity contribution in [2.45, 2.75) is 24.1 Å². The zero-order chi connectivity index (χ0) is 23.7. The van der Waals surface area contributed by atoms with Gasteiger partial charge in [-0.3, -0.25) is 9.32 Å². The van der Waals surface area contributed by atoms with Crippen molar-refractivity contribution in [2.75, 3.05) is 5.32 Å². The van der Waals surface area contributed by atoms with E-state index in [1.807, 2.05) is 67.6 Å². The first-order valence-corrected chi connectivity index (χ1v) is 11.5. The van der Waals surface area contributed by atoms with Crippen LogP contribution in [0.2, 0.25) is 0 Å². The highest BCUT2D eigenvalue weighted by molar-refractivity contribution is 8.00. The van der Waals surface area contributed by atoms with Crippen LogP contribution in [0, 0.1) is 6.92 Å². The van der Waals surface area contributed by atoms with Gasteiger partial charge in [0.05, 0.1) is 5.25 Å². The molecule has 2 N–H and O–H groups in total. The minimum absolute atomic E-state index is 0.240. The Morgan fingerprint density at radius 2 is 1.79 bits per heavy atom. The van der Waals surface area contributed by atoms with Gasteiger partial charge in [-0.15, -0.1) is 0 Å². The van der Waals surface area contributed by atoms with E-state index in [4.69, 9.17) is 8.94 Å². The Morgan fingerprint density at radius 1 is 1.06 bits per heavy atom. The van der Waals surface area contributed by atoms with Crippen molar-refractivity contribution in [1.29, 1.82) is 0 Å². The van der Waals surface area contributed by atoms with Crippen molar-refractivity contribution in [3.05, 3.63) is 88.8 Å². The van der Waals surface area contributed by atoms with E-state index in [2.05, 4.69) is 15.6 Å². The molecule has 5 aromatic rings. The molecule has 0 bridgehead atoms. The number of aromatic nitrogens is 3. The minimum atomic E-state index is -0.549. The van der Waals surface area contributed by atoms with Crippen LogP contribution >= 0.6 is 11.8 Å². The SMILES string of the molecule is Cc1ccc(-[n+]2[nH]oc(=O)c2SC(C)C(=O)Nc2ccc(-c3nc4ccccc4o3)cc2)cc1. The zero-order valence-corrected chi connectivity index (χ0v) is 19.3. The van der Waals surface area contributed by atoms with Crippen LogP contribution in [0.3, 0.4) is 0 Å². The van der Waals surface area contributed by atoms with Gasteiger partial charge < -0.3 is 9.73 Å². The maximum Gasteiger partial charge on any atom is 0.442 e. The number of H-pyrrole nitrogens is 1. The van der Waals surface area contributed by atoms with Crippen molar-refractivity contribution in [1.82, 2.24) is 10.3 Å². The molecule has 0 saturated carbocycles. The topological polar surface area (TPSA) is 105 Å². The number of hydrogen-bond donors (Lipinski definition) is 2. The molecular weight excluding hydrogens is 452 g/mol. The summed E-state index contributed by atoms with van der Waals surface area (Å²) in [6.45, 7) is 3.72. The summed E-state index contributed by atoms with van der Waals surface area (Å²) in [4.78, 5) is 29.5. The molecule has 5 rings (SSSR count). The number of aromatic amines is 1. The number of thioether (sulfide) groups is 1. The van der Waals surface area contributed by atoms with Gasteiger partial charge in [-0.2, -0.15) is 0 Å². The van der Waals surface area contributed by atoms with Crippen LogP contribution in [-0.2, 0) is 4.79 Å². The third-order valence-corrected chi connectivity index (χ3v) is 6.39. The molecule has 0 radical (unpaired) electrons. The molecule has 0 fully saturated rings. The molecule has 0 saturated heterocycles. The number of amides is 1. The molecule has 0 aliphatic carbocycles. The molecule has 2 aromatic heterocycles. The lowest BCUT2D eigenvalue weighted by Gasteiger charge is -2.09. The quantitative estimate of drug-likeness (QED) is 0.278. The third-order valence-electron chi connectivity index (χ3n) is 5.25. The molecule has 2 heterocycles. The Kier molecular flexibility index (Phi) is 5.77. The number of rotatable bonds is 6. The van der Waals surface area contributed by atoms with Gasteiger partial charge in [-0.25, -0.2) is 9.78 Å². The Hall–Kier alpha value is -4.11. The lowest BCUT2D eigenvalue weighted by molar-refractivity contribution is -0.704. The highest BCUT2D eigenvalue weighted by Crippen LogP contribution is 2.26. The molecule has 0 aliphatic rings. The Bertz CT molecular complexity index is 1480. The molecule has 34 heavy (non-hydrogen) atoms. The summed E-state index contributed by atoms with van der Waals surface area (Å²) in [5.41, 5.74) is 4.25. The van der Waals surface area contributed by atoms with Gasteiger partial charge in [-0.1, -0.05) is 29.8 Å². The number of nitrogens with one attached hydrogen (secondary N) is 2. The van der Waals surface area contributed by atoms with Crippen molar-refractivity contribution in [2.24, 2.45) is 0 Å². The highest BCUT2D eigenvalue weighted by Gasteiger charge is 2.29. The maximum absolute atomic E-state index is 12.8. The number of carbonyl (C=O) groups excluding carboxylic acids is 1. The number of carbonyl (C=O) groups is 1. The van der Waals surface area contributed by atoms with E-state index in [0.29, 0.717) is 11.6 Å². The lowest BCUT2D eigenvalue weighted by atomic mass is 10.2. The summed E-state index contributed by atoms with van der Waals surface area (Å²) in [6.07, 6.45) is 0. The van der Waals surface area contributed by atoms with Gasteiger partial charge in [0.15, 0.2) is 5.58 Å². The fraction of sp³-hybridized carbons (Fsp3) is 0.120. The monoisotopic (exact) mass is 473 g/mol. The normalized spacial score (nSPS) is 12.1. The number of oxazole rings is 1. The van der Waals surface area contributed by atoms with Crippen LogP contribution < -0.4 is 15.6 Å². The number of nitrogens with zero attached hydrogens (tertiary/aromatic N) is 2. The Labute approximate surface area is 198 Å². The van der Waals surface area contributed by atoms with Crippen LogP contribution in [0.25, 0.3) is 28.2 Å². The predicted molar refractivity (Wildman–Crippen MR) is 129 cm³/mol. The minimum Gasteiger partial charge on any atom is -0.436 e. The fourth-order valence-corrected chi connectivity index (χ4v) is 4.27. The summed E-state index contributed by atoms with van der Waals surface area (Å²) in [5.74, 6) is 0.276. The van der Waals surface area contributed by atoms with E-state index in [1.165, 1.54) is 4.68 Å². The van der Waals surface area contributed by atoms with Crippen molar-refractivity contribution in [3.8, 4) is 17.1 Å². The number of anilines is 1. The summed E-state index contributed by atoms with van der Waals surface area (Å²) in [7, 11) is 0. The summed E-state index contributed by atoms with van der Waals surface area (Å²) < 4.78 is 12.3. The molecule has 1 unspecified atom stereocenters. The smallest absolute Gasteiger partial charge is 0.436 e. The fourth-order valence-electron chi connectivity index (χ4n) is 3.38. The maximum atomic E-state index is 12.8. The largest absolute Gasteiger partial charge is 0.442 e. The van der Waals surface area contributed by atoms with Gasteiger partial charge in [-0.05, 0) is 72.0 Å². The first-order valence-electron chi connectivity index (χ1n) is 10.6. The van der Waals surface area contributed by atoms with Gasteiger partial charge in [0.25, 0.3) is 0 Å². The van der Waals surface area contributed by atoms with Gasteiger partial charge in [0, 0.05) is 23.4 Å². The van der Waals surface area contributed by atoms with Gasteiger partial charge in [0.2, 0.25) is 17.5 Å². The number of benzene rings is 3. The number of hydrogen-bond acceptors (Lipinski definition) is 6. The molecule has 0 spiro atoms. The van der Waals surface area contributed by atoms with Crippen LogP contribution in [0.4, 0.5) is 5.69 Å². The lowest BCUT2D eigenvalue weighted by Crippen LogP contribution is -2.37. The molecular formula is C25H21N4O4S+. The number of aryl methyl sites for hydroxylation is 1. The molecule has 1 atom stereocenters. The van der Waals surface area contributed by atoms with E-state index in [-0.39, 0.29) is 10.9 Å². The Morgan fingerprint density at radius 3 is 2.53 bits per heavy atom. The molecule has 170 valence electrons. The number of para-hydroxylation sites is 2. The van der Waals surface area contributed by atoms with Crippen LogP contribution in [-0.4, -0.2) is 21.4 Å². The first kappa shape index (κ1) is 21.7. The standard InChI is InChI=1S/C25H20N4O4S/c1-15-7-13-19(14-8-15)29-24(25(31)33-28-29)34-16(2)22(30)26-18-11-9-17(10-12-18)23-27-20-5-3-4-6-21(20)32-23/h3-14,16H,1-2H3,(H-,26,27,28,30,31)/p+1. The second-order valence-corrected chi connectivity index (χ2v) is 9.10. The van der Waals surface area contributed by atoms with Crippen LogP contribution in [0.15, 0.2) is 91.6 Å². The molecule has 1 amide bonds. The van der Waals surface area contributed by atoms with E-state index < -0.39 is 10.9 Å². The zero-order valence-electron chi connectivity index (χ0n) is 18.4. The van der Waals surface area contributed by atoms with E-state index in [1.54, 1.807) is 19.1 Å². The van der Waals surface area contributed by atoms with Gasteiger partial charge >= 0.3 is 10.7 Å². The van der Waals surface area contributed by atoms with Gasteiger partial charge in [0.1, 0.15) is 5.52 Å². The second kappa shape index (κ2) is 9.03. The third kappa shape index (κ3) is 4.38. The first-order chi connectivity index (χ1) is 16.5.